The SMILES string of the molecule is CC(=O)OCC1O[C@@H](CC(=O)O)C(OC(C)=O)[C@@H](OC(C)=O)[C@H]1OC(C)=O. The number of hydrogen-bond donors (Lipinski definition) is 1. The van der Waals surface area contributed by atoms with E-state index in [1.54, 1.807) is 0 Å². The monoisotopic (exact) mass is 390 g/mol. The second-order valence-electron chi connectivity index (χ2n) is 5.84. The van der Waals surface area contributed by atoms with Crippen molar-refractivity contribution < 1.29 is 52.8 Å². The van der Waals surface area contributed by atoms with Crippen LogP contribution in [0, 0.1) is 0 Å². The molecule has 0 radical (unpaired) electrons. The van der Waals surface area contributed by atoms with Crippen molar-refractivity contribution in [2.45, 2.75) is 64.6 Å². The first-order valence-electron chi connectivity index (χ1n) is 8.03. The van der Waals surface area contributed by atoms with Gasteiger partial charge in [-0.25, -0.2) is 0 Å². The smallest absolute Gasteiger partial charge is 0.306 e. The normalized spacial score (nSPS) is 27.2. The second kappa shape index (κ2) is 9.86. The van der Waals surface area contributed by atoms with Gasteiger partial charge in [0.25, 0.3) is 0 Å². The van der Waals surface area contributed by atoms with E-state index in [1.165, 1.54) is 0 Å². The minimum atomic E-state index is -1.35. The molecule has 1 rings (SSSR count). The summed E-state index contributed by atoms with van der Waals surface area (Å²) in [5.74, 6) is -4.24. The molecule has 0 aliphatic carbocycles. The van der Waals surface area contributed by atoms with Crippen LogP contribution < -0.4 is 0 Å². The van der Waals surface area contributed by atoms with Crippen molar-refractivity contribution in [1.82, 2.24) is 0 Å². The maximum Gasteiger partial charge on any atom is 0.306 e. The predicted octanol–water partition coefficient (Wildman–Crippen LogP) is -0.413. The lowest BCUT2D eigenvalue weighted by Crippen LogP contribution is -2.62. The van der Waals surface area contributed by atoms with Crippen LogP contribution in [0.3, 0.4) is 0 Å². The van der Waals surface area contributed by atoms with E-state index >= 15 is 0 Å². The molecule has 11 heteroatoms. The molecule has 152 valence electrons. The Balaban J connectivity index is 3.29. The summed E-state index contributed by atoms with van der Waals surface area (Å²) >= 11 is 0. The Morgan fingerprint density at radius 3 is 1.59 bits per heavy atom. The highest BCUT2D eigenvalue weighted by Gasteiger charge is 2.52. The Hall–Kier alpha value is -2.69. The van der Waals surface area contributed by atoms with E-state index in [4.69, 9.17) is 28.8 Å². The number of carbonyl (C=O) groups excluding carboxylic acids is 4. The molecule has 1 saturated heterocycles. The first kappa shape index (κ1) is 22.4. The van der Waals surface area contributed by atoms with Gasteiger partial charge in [0, 0.05) is 27.7 Å². The average Bonchev–Trinajstić information content (AvgIpc) is 2.49. The summed E-state index contributed by atoms with van der Waals surface area (Å²) in [6.07, 6.45) is -6.96. The molecule has 11 nitrogen and oxygen atoms in total. The highest BCUT2D eigenvalue weighted by Crippen LogP contribution is 2.30. The minimum absolute atomic E-state index is 0.395. The topological polar surface area (TPSA) is 152 Å². The van der Waals surface area contributed by atoms with Crippen LogP contribution in [0.15, 0.2) is 0 Å². The fourth-order valence-electron chi connectivity index (χ4n) is 2.65. The molecule has 27 heavy (non-hydrogen) atoms. The molecule has 1 heterocycles. The van der Waals surface area contributed by atoms with Gasteiger partial charge in [-0.1, -0.05) is 0 Å². The molecule has 0 saturated carbocycles. The van der Waals surface area contributed by atoms with E-state index in [1.807, 2.05) is 0 Å². The zero-order valence-electron chi connectivity index (χ0n) is 15.3. The van der Waals surface area contributed by atoms with E-state index < -0.39 is 73.4 Å². The van der Waals surface area contributed by atoms with Crippen LogP contribution in [0.5, 0.6) is 0 Å². The molecule has 1 N–H and O–H groups in total. The van der Waals surface area contributed by atoms with Gasteiger partial charge in [-0.05, 0) is 0 Å². The summed E-state index contributed by atoms with van der Waals surface area (Å²) in [4.78, 5) is 56.7. The van der Waals surface area contributed by atoms with Crippen molar-refractivity contribution in [3.8, 4) is 0 Å². The van der Waals surface area contributed by atoms with E-state index in [0.29, 0.717) is 0 Å². The highest BCUT2D eigenvalue weighted by molar-refractivity contribution is 5.70. The van der Waals surface area contributed by atoms with Crippen molar-refractivity contribution in [2.24, 2.45) is 0 Å². The molecular weight excluding hydrogens is 368 g/mol. The Morgan fingerprint density at radius 1 is 0.741 bits per heavy atom. The van der Waals surface area contributed by atoms with Crippen LogP contribution >= 0.6 is 0 Å². The molecule has 1 aliphatic rings. The lowest BCUT2D eigenvalue weighted by atomic mass is 9.92. The van der Waals surface area contributed by atoms with Gasteiger partial charge in [0.05, 0.1) is 6.42 Å². The third kappa shape index (κ3) is 7.21. The average molecular weight is 390 g/mol. The van der Waals surface area contributed by atoms with E-state index in [0.717, 1.165) is 27.7 Å². The Morgan fingerprint density at radius 2 is 1.19 bits per heavy atom. The van der Waals surface area contributed by atoms with E-state index in [9.17, 15) is 24.0 Å². The third-order valence-corrected chi connectivity index (χ3v) is 3.46. The first-order valence-corrected chi connectivity index (χ1v) is 8.03. The molecule has 0 amide bonds. The van der Waals surface area contributed by atoms with Gasteiger partial charge in [-0.3, -0.25) is 24.0 Å². The molecule has 0 spiro atoms. The molecule has 5 atom stereocenters. The molecule has 1 fully saturated rings. The summed E-state index contributed by atoms with van der Waals surface area (Å²) in [6, 6.07) is 0. The first-order chi connectivity index (χ1) is 12.5. The highest BCUT2D eigenvalue weighted by atomic mass is 16.7. The van der Waals surface area contributed by atoms with Gasteiger partial charge >= 0.3 is 29.8 Å². The van der Waals surface area contributed by atoms with Crippen LogP contribution in [0.4, 0.5) is 0 Å². The molecule has 0 aromatic carbocycles. The van der Waals surface area contributed by atoms with Crippen molar-refractivity contribution in [3.63, 3.8) is 0 Å². The fourth-order valence-corrected chi connectivity index (χ4v) is 2.65. The molecule has 0 aromatic heterocycles. The van der Waals surface area contributed by atoms with Gasteiger partial charge in [0.1, 0.15) is 18.8 Å². The lowest BCUT2D eigenvalue weighted by molar-refractivity contribution is -0.253. The van der Waals surface area contributed by atoms with Gasteiger partial charge in [0.15, 0.2) is 18.3 Å². The number of carboxylic acid groups (broad SMARTS) is 1. The van der Waals surface area contributed by atoms with Gasteiger partial charge in [-0.15, -0.1) is 0 Å². The fraction of sp³-hybridized carbons (Fsp3) is 0.688. The summed E-state index contributed by atoms with van der Waals surface area (Å²) in [6.45, 7) is 4.00. The Bertz CT molecular complexity index is 599. The molecule has 0 bridgehead atoms. The van der Waals surface area contributed by atoms with Gasteiger partial charge < -0.3 is 28.8 Å². The van der Waals surface area contributed by atoms with Crippen molar-refractivity contribution in [3.05, 3.63) is 0 Å². The number of hydrogen-bond acceptors (Lipinski definition) is 10. The van der Waals surface area contributed by atoms with Crippen molar-refractivity contribution >= 4 is 29.8 Å². The van der Waals surface area contributed by atoms with Gasteiger partial charge in [-0.2, -0.15) is 0 Å². The van der Waals surface area contributed by atoms with Crippen LogP contribution in [0.2, 0.25) is 0 Å². The van der Waals surface area contributed by atoms with Crippen molar-refractivity contribution in [1.29, 1.82) is 0 Å². The standard InChI is InChI=1S/C16H22O11/c1-7(17)23-6-12-15(25-9(3)19)16(26-10(4)20)14(24-8(2)18)11(27-12)5-13(21)22/h11-12,14-16H,5-6H2,1-4H3,(H,21,22)/t11-,12?,14?,15-,16+/m0/s1. The lowest BCUT2D eigenvalue weighted by Gasteiger charge is -2.44. The summed E-state index contributed by atoms with van der Waals surface area (Å²) in [5, 5.41) is 9.10. The van der Waals surface area contributed by atoms with E-state index in [2.05, 4.69) is 0 Å². The minimum Gasteiger partial charge on any atom is -0.481 e. The molecule has 2 unspecified atom stereocenters. The van der Waals surface area contributed by atoms with Crippen LogP contribution in [0.1, 0.15) is 34.1 Å². The largest absolute Gasteiger partial charge is 0.481 e. The zero-order valence-corrected chi connectivity index (χ0v) is 15.3. The van der Waals surface area contributed by atoms with Gasteiger partial charge in [0.2, 0.25) is 0 Å². The summed E-state index contributed by atoms with van der Waals surface area (Å²) in [7, 11) is 0. The number of carbonyl (C=O) groups is 5. The number of aliphatic carboxylic acids is 1. The number of esters is 4. The molecule has 0 aromatic rings. The maximum absolute atomic E-state index is 11.5. The maximum atomic E-state index is 11.5. The third-order valence-electron chi connectivity index (χ3n) is 3.46. The number of rotatable bonds is 7. The summed E-state index contributed by atoms with van der Waals surface area (Å²) < 4.78 is 25.9. The predicted molar refractivity (Wildman–Crippen MR) is 84.2 cm³/mol. The quantitative estimate of drug-likeness (QED) is 0.446. The summed E-state index contributed by atoms with van der Waals surface area (Å²) in [5.41, 5.74) is 0. The van der Waals surface area contributed by atoms with Crippen LogP contribution in [0.25, 0.3) is 0 Å². The number of carboxylic acids is 1. The van der Waals surface area contributed by atoms with Crippen molar-refractivity contribution in [2.75, 3.05) is 6.61 Å². The Labute approximate surface area is 154 Å². The zero-order chi connectivity index (χ0) is 20.7. The number of ether oxygens (including phenoxy) is 5. The van der Waals surface area contributed by atoms with Crippen LogP contribution in [-0.4, -0.2) is 72.1 Å². The second-order valence-corrected chi connectivity index (χ2v) is 5.84. The molecular formula is C16H22O11. The van der Waals surface area contributed by atoms with E-state index in [-0.39, 0.29) is 0 Å². The van der Waals surface area contributed by atoms with Crippen LogP contribution in [-0.2, 0) is 47.7 Å². The molecule has 1 aliphatic heterocycles. The Kier molecular flexibility index (Phi) is 8.16.